The van der Waals surface area contributed by atoms with Gasteiger partial charge >= 0.3 is 0 Å². The molecule has 6 heteroatoms. The Bertz CT molecular complexity index is 520. The lowest BCUT2D eigenvalue weighted by Gasteiger charge is -2.32. The predicted molar refractivity (Wildman–Crippen MR) is 90.8 cm³/mol. The van der Waals surface area contributed by atoms with Crippen molar-refractivity contribution in [2.75, 3.05) is 46.9 Å². The maximum absolute atomic E-state index is 12.6. The first-order valence-corrected chi connectivity index (χ1v) is 9.15. The van der Waals surface area contributed by atoms with Gasteiger partial charge in [0.25, 0.3) is 0 Å². The number of hydrogen-bond donors (Lipinski definition) is 0. The highest BCUT2D eigenvalue weighted by Crippen LogP contribution is 2.33. The summed E-state index contributed by atoms with van der Waals surface area (Å²) in [7, 11) is 4.13. The van der Waals surface area contributed by atoms with Crippen LogP contribution in [0.1, 0.15) is 17.7 Å². The Morgan fingerprint density at radius 3 is 3.13 bits per heavy atom. The average molecular weight is 338 g/mol. The highest BCUT2D eigenvalue weighted by molar-refractivity contribution is 7.10. The highest BCUT2D eigenvalue weighted by atomic mass is 32.1. The lowest BCUT2D eigenvalue weighted by atomic mass is 10.00. The molecule has 1 amide bonds. The van der Waals surface area contributed by atoms with Crippen molar-refractivity contribution in [1.82, 2.24) is 9.80 Å². The molecule has 0 N–H and O–H groups in total. The number of likely N-dealkylation sites (N-methyl/N-ethyl adjacent to an activating group) is 1. The van der Waals surface area contributed by atoms with Crippen LogP contribution < -0.4 is 0 Å². The number of rotatable bonds is 4. The maximum atomic E-state index is 12.6. The first-order valence-electron chi connectivity index (χ1n) is 8.27. The molecule has 2 fully saturated rings. The Hall–Kier alpha value is -0.950. The molecule has 2 aliphatic heterocycles. The minimum atomic E-state index is -0.317. The van der Waals surface area contributed by atoms with Gasteiger partial charge in [0.15, 0.2) is 0 Å². The van der Waals surface area contributed by atoms with Crippen LogP contribution in [0, 0.1) is 0 Å². The Kier molecular flexibility index (Phi) is 5.36. The second kappa shape index (κ2) is 7.30. The number of carbonyl (C=O) groups excluding carboxylic acids is 1. The molecule has 2 saturated heterocycles. The Morgan fingerprint density at radius 1 is 1.52 bits per heavy atom. The fraction of sp³-hybridized carbons (Fsp3) is 0.706. The molecule has 5 nitrogen and oxygen atoms in total. The largest absolute Gasteiger partial charge is 0.377 e. The molecular weight excluding hydrogens is 312 g/mol. The first kappa shape index (κ1) is 16.9. The van der Waals surface area contributed by atoms with Crippen molar-refractivity contribution in [2.45, 2.75) is 31.0 Å². The van der Waals surface area contributed by atoms with E-state index in [1.54, 1.807) is 11.3 Å². The molecular formula is C17H26N2O3S. The van der Waals surface area contributed by atoms with Crippen LogP contribution in [0.3, 0.4) is 0 Å². The molecule has 2 unspecified atom stereocenters. The van der Waals surface area contributed by atoms with E-state index in [1.807, 2.05) is 22.4 Å². The van der Waals surface area contributed by atoms with Gasteiger partial charge in [0.05, 0.1) is 32.3 Å². The summed E-state index contributed by atoms with van der Waals surface area (Å²) < 4.78 is 12.1. The van der Waals surface area contributed by atoms with E-state index in [1.165, 1.54) is 0 Å². The van der Waals surface area contributed by atoms with Crippen molar-refractivity contribution in [2.24, 2.45) is 0 Å². The summed E-state index contributed by atoms with van der Waals surface area (Å²) >= 11 is 1.64. The molecule has 2 aliphatic rings. The van der Waals surface area contributed by atoms with Crippen molar-refractivity contribution in [3.8, 4) is 0 Å². The number of ether oxygens (including phenoxy) is 2. The molecule has 128 valence electrons. The lowest BCUT2D eigenvalue weighted by molar-refractivity contribution is -0.135. The van der Waals surface area contributed by atoms with Crippen LogP contribution in [0.15, 0.2) is 17.5 Å². The molecule has 0 bridgehead atoms. The summed E-state index contributed by atoms with van der Waals surface area (Å²) in [5.74, 6) is 0.178. The number of carbonyl (C=O) groups is 1. The lowest BCUT2D eigenvalue weighted by Crippen LogP contribution is -2.47. The average Bonchev–Trinajstić information content (AvgIpc) is 3.07. The second-order valence-electron chi connectivity index (χ2n) is 6.85. The van der Waals surface area contributed by atoms with Gasteiger partial charge in [-0.3, -0.25) is 4.79 Å². The predicted octanol–water partition coefficient (Wildman–Crippen LogP) is 1.63. The van der Waals surface area contributed by atoms with Gasteiger partial charge in [-0.25, -0.2) is 0 Å². The zero-order valence-electron chi connectivity index (χ0n) is 14.0. The van der Waals surface area contributed by atoms with Crippen molar-refractivity contribution in [3.63, 3.8) is 0 Å². The molecule has 0 radical (unpaired) electrons. The summed E-state index contributed by atoms with van der Waals surface area (Å²) in [6.07, 6.45) is 2.72. The topological polar surface area (TPSA) is 42.0 Å². The molecule has 3 heterocycles. The number of amides is 1. The molecule has 1 spiro atoms. The quantitative estimate of drug-likeness (QED) is 0.837. The van der Waals surface area contributed by atoms with Crippen molar-refractivity contribution >= 4 is 17.2 Å². The van der Waals surface area contributed by atoms with Crippen molar-refractivity contribution in [3.05, 3.63) is 22.4 Å². The van der Waals surface area contributed by atoms with Crippen LogP contribution in [-0.4, -0.2) is 74.4 Å². The smallest absolute Gasteiger partial charge is 0.228 e. The Morgan fingerprint density at radius 2 is 2.39 bits per heavy atom. The summed E-state index contributed by atoms with van der Waals surface area (Å²) in [5.41, 5.74) is -0.317. The number of nitrogens with zero attached hydrogens (tertiary/aromatic N) is 2. The minimum absolute atomic E-state index is 0.178. The van der Waals surface area contributed by atoms with E-state index in [4.69, 9.17) is 9.47 Å². The van der Waals surface area contributed by atoms with Gasteiger partial charge in [-0.2, -0.15) is 0 Å². The third kappa shape index (κ3) is 4.32. The number of hydrogen-bond acceptors (Lipinski definition) is 5. The molecule has 23 heavy (non-hydrogen) atoms. The van der Waals surface area contributed by atoms with Gasteiger partial charge in [0.2, 0.25) is 5.91 Å². The maximum Gasteiger partial charge on any atom is 0.228 e. The molecule has 1 aromatic heterocycles. The van der Waals surface area contributed by atoms with E-state index < -0.39 is 0 Å². The third-order valence-corrected chi connectivity index (χ3v) is 5.39. The molecule has 1 aromatic rings. The Labute approximate surface area is 142 Å². The first-order chi connectivity index (χ1) is 11.1. The summed E-state index contributed by atoms with van der Waals surface area (Å²) in [5, 5.41) is 2.02. The fourth-order valence-electron chi connectivity index (χ4n) is 3.45. The van der Waals surface area contributed by atoms with Crippen molar-refractivity contribution in [1.29, 1.82) is 0 Å². The van der Waals surface area contributed by atoms with E-state index in [-0.39, 0.29) is 17.6 Å². The van der Waals surface area contributed by atoms with E-state index in [0.29, 0.717) is 32.7 Å². The van der Waals surface area contributed by atoms with Gasteiger partial charge < -0.3 is 19.3 Å². The van der Waals surface area contributed by atoms with E-state index in [9.17, 15) is 4.79 Å². The van der Waals surface area contributed by atoms with Crippen LogP contribution in [0.2, 0.25) is 0 Å². The van der Waals surface area contributed by atoms with E-state index in [0.717, 1.165) is 24.3 Å². The van der Waals surface area contributed by atoms with Gasteiger partial charge in [0.1, 0.15) is 5.60 Å². The molecule has 3 rings (SSSR count). The minimum Gasteiger partial charge on any atom is -0.377 e. The Balaban J connectivity index is 1.63. The molecule has 2 atom stereocenters. The van der Waals surface area contributed by atoms with Gasteiger partial charge in [-0.15, -0.1) is 11.3 Å². The molecule has 0 saturated carbocycles. The van der Waals surface area contributed by atoms with Crippen LogP contribution in [-0.2, 0) is 20.7 Å². The van der Waals surface area contributed by atoms with Gasteiger partial charge in [-0.05, 0) is 38.4 Å². The third-order valence-electron chi connectivity index (χ3n) is 4.52. The SMILES string of the molecule is CN(C)CC1CCC2(COCCN(C(=O)Cc3cccs3)C2)O1. The molecule has 0 aliphatic carbocycles. The van der Waals surface area contributed by atoms with Crippen LogP contribution in [0.4, 0.5) is 0 Å². The van der Waals surface area contributed by atoms with Gasteiger partial charge in [0, 0.05) is 18.0 Å². The fourth-order valence-corrected chi connectivity index (χ4v) is 4.14. The summed E-state index contributed by atoms with van der Waals surface area (Å²) in [4.78, 5) is 17.8. The zero-order valence-corrected chi connectivity index (χ0v) is 14.8. The van der Waals surface area contributed by atoms with Crippen LogP contribution in [0.5, 0.6) is 0 Å². The summed E-state index contributed by atoms with van der Waals surface area (Å²) in [6, 6.07) is 4.01. The second-order valence-corrected chi connectivity index (χ2v) is 7.88. The van der Waals surface area contributed by atoms with Crippen LogP contribution in [0.25, 0.3) is 0 Å². The van der Waals surface area contributed by atoms with E-state index >= 15 is 0 Å². The standard InChI is InChI=1S/C17H26N2O3S/c1-18(2)11-14-5-6-17(22-14)12-19(7-8-21-13-17)16(20)10-15-4-3-9-23-15/h3-4,9,14H,5-8,10-13H2,1-2H3. The highest BCUT2D eigenvalue weighted by Gasteiger charge is 2.43. The normalized spacial score (nSPS) is 28.5. The zero-order chi connectivity index (χ0) is 16.3. The number of thiophene rings is 1. The van der Waals surface area contributed by atoms with Crippen LogP contribution >= 0.6 is 11.3 Å². The summed E-state index contributed by atoms with van der Waals surface area (Å²) in [6.45, 7) is 3.43. The van der Waals surface area contributed by atoms with Crippen molar-refractivity contribution < 1.29 is 14.3 Å². The monoisotopic (exact) mass is 338 g/mol. The van der Waals surface area contributed by atoms with E-state index in [2.05, 4.69) is 19.0 Å². The van der Waals surface area contributed by atoms with Gasteiger partial charge in [-0.1, -0.05) is 6.07 Å². The molecule has 0 aromatic carbocycles.